The molecule has 0 spiro atoms. The van der Waals surface area contributed by atoms with Crippen molar-refractivity contribution in [2.24, 2.45) is 5.92 Å². The standard InChI is InChI=1S/C15H25N3O2/c1-12(7-8-19)9-17-14-10-16-11-15(18-14)20-13-5-3-2-4-6-13/h10-13,19H,2-9H2,1H3,(H,17,18). The summed E-state index contributed by atoms with van der Waals surface area (Å²) in [5, 5.41) is 12.1. The molecule has 0 aliphatic heterocycles. The third kappa shape index (κ3) is 4.96. The summed E-state index contributed by atoms with van der Waals surface area (Å²) < 4.78 is 5.90. The van der Waals surface area contributed by atoms with Crippen LogP contribution in [-0.4, -0.2) is 34.3 Å². The zero-order valence-corrected chi connectivity index (χ0v) is 12.2. The van der Waals surface area contributed by atoms with Crippen LogP contribution in [0.15, 0.2) is 12.4 Å². The van der Waals surface area contributed by atoms with E-state index in [0.29, 0.717) is 17.9 Å². The fourth-order valence-electron chi connectivity index (χ4n) is 2.45. The van der Waals surface area contributed by atoms with Crippen LogP contribution < -0.4 is 10.1 Å². The summed E-state index contributed by atoms with van der Waals surface area (Å²) in [5.74, 6) is 1.75. The van der Waals surface area contributed by atoms with Crippen LogP contribution in [0, 0.1) is 5.92 Å². The van der Waals surface area contributed by atoms with E-state index >= 15 is 0 Å². The maximum Gasteiger partial charge on any atom is 0.234 e. The van der Waals surface area contributed by atoms with Crippen molar-refractivity contribution >= 4 is 5.82 Å². The van der Waals surface area contributed by atoms with Gasteiger partial charge in [-0.25, -0.2) is 0 Å². The van der Waals surface area contributed by atoms with Gasteiger partial charge in [0.15, 0.2) is 0 Å². The number of rotatable bonds is 7. The third-order valence-electron chi connectivity index (χ3n) is 3.71. The van der Waals surface area contributed by atoms with E-state index in [9.17, 15) is 0 Å². The first-order chi connectivity index (χ1) is 9.78. The first-order valence-corrected chi connectivity index (χ1v) is 7.61. The Kier molecular flexibility index (Phi) is 6.05. The Morgan fingerprint density at radius 2 is 2.15 bits per heavy atom. The number of aliphatic hydroxyl groups is 1. The SMILES string of the molecule is CC(CCO)CNc1cncc(OC2CCCCC2)n1. The van der Waals surface area contributed by atoms with Crippen molar-refractivity contribution in [3.63, 3.8) is 0 Å². The Morgan fingerprint density at radius 3 is 2.90 bits per heavy atom. The fourth-order valence-corrected chi connectivity index (χ4v) is 2.45. The molecule has 0 bridgehead atoms. The average molecular weight is 279 g/mol. The molecule has 2 N–H and O–H groups in total. The number of nitrogens with one attached hydrogen (secondary N) is 1. The molecular formula is C15H25N3O2. The van der Waals surface area contributed by atoms with Gasteiger partial charge in [0, 0.05) is 13.2 Å². The van der Waals surface area contributed by atoms with E-state index in [-0.39, 0.29) is 6.61 Å². The van der Waals surface area contributed by atoms with Crippen molar-refractivity contribution in [1.82, 2.24) is 9.97 Å². The number of hydrogen-bond acceptors (Lipinski definition) is 5. The molecule has 1 atom stereocenters. The van der Waals surface area contributed by atoms with Crippen molar-refractivity contribution < 1.29 is 9.84 Å². The minimum atomic E-state index is 0.222. The molecule has 5 heteroatoms. The Bertz CT molecular complexity index is 394. The van der Waals surface area contributed by atoms with E-state index in [2.05, 4.69) is 22.2 Å². The summed E-state index contributed by atoms with van der Waals surface area (Å²) in [7, 11) is 0. The van der Waals surface area contributed by atoms with Crippen molar-refractivity contribution in [3.8, 4) is 5.88 Å². The molecule has 1 aliphatic carbocycles. The van der Waals surface area contributed by atoms with Gasteiger partial charge < -0.3 is 15.2 Å². The van der Waals surface area contributed by atoms with E-state index in [1.807, 2.05) is 0 Å². The summed E-state index contributed by atoms with van der Waals surface area (Å²) in [5.41, 5.74) is 0. The molecule has 1 aliphatic rings. The van der Waals surface area contributed by atoms with Crippen LogP contribution in [0.5, 0.6) is 5.88 Å². The van der Waals surface area contributed by atoms with Gasteiger partial charge in [-0.3, -0.25) is 4.98 Å². The normalized spacial score (nSPS) is 17.7. The van der Waals surface area contributed by atoms with Crippen molar-refractivity contribution in [2.75, 3.05) is 18.5 Å². The highest BCUT2D eigenvalue weighted by molar-refractivity contribution is 5.33. The molecule has 2 rings (SSSR count). The predicted octanol–water partition coefficient (Wildman–Crippen LogP) is 2.62. The highest BCUT2D eigenvalue weighted by atomic mass is 16.5. The topological polar surface area (TPSA) is 67.3 Å². The number of aromatic nitrogens is 2. The van der Waals surface area contributed by atoms with Gasteiger partial charge in [-0.1, -0.05) is 13.3 Å². The highest BCUT2D eigenvalue weighted by Gasteiger charge is 2.15. The quantitative estimate of drug-likeness (QED) is 0.803. The Hall–Kier alpha value is -1.36. The van der Waals surface area contributed by atoms with Gasteiger partial charge in [0.25, 0.3) is 0 Å². The number of anilines is 1. The molecular weight excluding hydrogens is 254 g/mol. The summed E-state index contributed by atoms with van der Waals surface area (Å²) in [6.07, 6.45) is 10.5. The average Bonchev–Trinajstić information content (AvgIpc) is 2.47. The van der Waals surface area contributed by atoms with Crippen molar-refractivity contribution in [2.45, 2.75) is 51.6 Å². The first kappa shape index (κ1) is 15.0. The van der Waals surface area contributed by atoms with E-state index in [4.69, 9.17) is 9.84 Å². The molecule has 0 saturated heterocycles. The van der Waals surface area contributed by atoms with Crippen LogP contribution in [0.1, 0.15) is 45.4 Å². The van der Waals surface area contributed by atoms with Crippen molar-refractivity contribution in [1.29, 1.82) is 0 Å². The maximum atomic E-state index is 8.88. The molecule has 0 aromatic carbocycles. The van der Waals surface area contributed by atoms with Crippen LogP contribution in [0.25, 0.3) is 0 Å². The zero-order valence-electron chi connectivity index (χ0n) is 12.2. The Labute approximate surface area is 120 Å². The maximum absolute atomic E-state index is 8.88. The van der Waals surface area contributed by atoms with E-state index in [0.717, 1.165) is 31.6 Å². The van der Waals surface area contributed by atoms with Gasteiger partial charge in [0.2, 0.25) is 5.88 Å². The molecule has 1 aromatic rings. The van der Waals surface area contributed by atoms with Gasteiger partial charge in [-0.15, -0.1) is 0 Å². The Morgan fingerprint density at radius 1 is 1.35 bits per heavy atom. The third-order valence-corrected chi connectivity index (χ3v) is 3.71. The summed E-state index contributed by atoms with van der Waals surface area (Å²) in [6, 6.07) is 0. The molecule has 0 amide bonds. The lowest BCUT2D eigenvalue weighted by molar-refractivity contribution is 0.148. The Balaban J connectivity index is 1.83. The lowest BCUT2D eigenvalue weighted by Crippen LogP contribution is -2.20. The van der Waals surface area contributed by atoms with Gasteiger partial charge in [-0.2, -0.15) is 4.98 Å². The molecule has 1 unspecified atom stereocenters. The van der Waals surface area contributed by atoms with Crippen molar-refractivity contribution in [3.05, 3.63) is 12.4 Å². The lowest BCUT2D eigenvalue weighted by atomic mass is 9.98. The van der Waals surface area contributed by atoms with Crippen LogP contribution in [-0.2, 0) is 0 Å². The number of hydrogen-bond donors (Lipinski definition) is 2. The molecule has 5 nitrogen and oxygen atoms in total. The minimum Gasteiger partial charge on any atom is -0.473 e. The van der Waals surface area contributed by atoms with Crippen LogP contribution in [0.2, 0.25) is 0 Å². The minimum absolute atomic E-state index is 0.222. The number of aliphatic hydroxyl groups excluding tert-OH is 1. The molecule has 1 aromatic heterocycles. The number of nitrogens with zero attached hydrogens (tertiary/aromatic N) is 2. The molecule has 1 saturated carbocycles. The monoisotopic (exact) mass is 279 g/mol. The summed E-state index contributed by atoms with van der Waals surface area (Å²) >= 11 is 0. The molecule has 1 heterocycles. The second kappa shape index (κ2) is 8.04. The molecule has 1 fully saturated rings. The molecule has 0 radical (unpaired) electrons. The summed E-state index contributed by atoms with van der Waals surface area (Å²) in [4.78, 5) is 8.62. The molecule has 112 valence electrons. The van der Waals surface area contributed by atoms with E-state index in [1.165, 1.54) is 19.3 Å². The first-order valence-electron chi connectivity index (χ1n) is 7.61. The largest absolute Gasteiger partial charge is 0.473 e. The van der Waals surface area contributed by atoms with Crippen LogP contribution in [0.3, 0.4) is 0 Å². The second-order valence-corrected chi connectivity index (χ2v) is 5.62. The van der Waals surface area contributed by atoms with Crippen LogP contribution >= 0.6 is 0 Å². The second-order valence-electron chi connectivity index (χ2n) is 5.62. The van der Waals surface area contributed by atoms with Gasteiger partial charge in [0.05, 0.1) is 12.4 Å². The highest BCUT2D eigenvalue weighted by Crippen LogP contribution is 2.22. The predicted molar refractivity (Wildman–Crippen MR) is 78.9 cm³/mol. The van der Waals surface area contributed by atoms with E-state index in [1.54, 1.807) is 12.4 Å². The van der Waals surface area contributed by atoms with Gasteiger partial charge in [-0.05, 0) is 38.0 Å². The smallest absolute Gasteiger partial charge is 0.234 e. The lowest BCUT2D eigenvalue weighted by Gasteiger charge is -2.22. The fraction of sp³-hybridized carbons (Fsp3) is 0.733. The van der Waals surface area contributed by atoms with Crippen LogP contribution in [0.4, 0.5) is 5.82 Å². The van der Waals surface area contributed by atoms with E-state index < -0.39 is 0 Å². The van der Waals surface area contributed by atoms with Gasteiger partial charge in [0.1, 0.15) is 11.9 Å². The molecule has 20 heavy (non-hydrogen) atoms. The number of ether oxygens (including phenoxy) is 1. The van der Waals surface area contributed by atoms with Gasteiger partial charge >= 0.3 is 0 Å². The zero-order chi connectivity index (χ0) is 14.2. The summed E-state index contributed by atoms with van der Waals surface area (Å²) in [6.45, 7) is 3.10.